The van der Waals surface area contributed by atoms with Gasteiger partial charge in [-0.2, -0.15) is 0 Å². The molecule has 7 heteroatoms. The molecule has 2 aromatic rings. The molecule has 120 valence electrons. The first-order valence-corrected chi connectivity index (χ1v) is 7.68. The average Bonchev–Trinajstić information content (AvgIpc) is 2.96. The lowest BCUT2D eigenvalue weighted by atomic mass is 9.82. The van der Waals surface area contributed by atoms with Crippen LogP contribution in [0.5, 0.6) is 0 Å². The second kappa shape index (κ2) is 6.60. The van der Waals surface area contributed by atoms with Gasteiger partial charge in [-0.25, -0.2) is 9.48 Å². The minimum Gasteiger partial charge on any atom is -0.476 e. The van der Waals surface area contributed by atoms with Gasteiger partial charge in [0.05, 0.1) is 11.9 Å². The van der Waals surface area contributed by atoms with E-state index in [2.05, 4.69) is 15.6 Å². The Kier molecular flexibility index (Phi) is 4.36. The van der Waals surface area contributed by atoms with Crippen molar-refractivity contribution in [2.24, 2.45) is 5.92 Å². The van der Waals surface area contributed by atoms with E-state index < -0.39 is 5.97 Å². The van der Waals surface area contributed by atoms with Gasteiger partial charge < -0.3 is 10.4 Å². The van der Waals surface area contributed by atoms with Crippen LogP contribution < -0.4 is 5.32 Å². The smallest absolute Gasteiger partial charge is 0.358 e. The Morgan fingerprint density at radius 1 is 1.35 bits per heavy atom. The van der Waals surface area contributed by atoms with Gasteiger partial charge in [-0.1, -0.05) is 30.5 Å². The van der Waals surface area contributed by atoms with Crippen molar-refractivity contribution in [3.63, 3.8) is 0 Å². The molecule has 0 radical (unpaired) electrons. The molecule has 0 bridgehead atoms. The summed E-state index contributed by atoms with van der Waals surface area (Å²) in [6.07, 6.45) is 6.56. The summed E-state index contributed by atoms with van der Waals surface area (Å²) < 4.78 is 1.37. The van der Waals surface area contributed by atoms with Gasteiger partial charge in [0.25, 0.3) is 0 Å². The Labute approximate surface area is 133 Å². The van der Waals surface area contributed by atoms with Gasteiger partial charge in [0.1, 0.15) is 0 Å². The van der Waals surface area contributed by atoms with Crippen LogP contribution >= 0.6 is 0 Å². The summed E-state index contributed by atoms with van der Waals surface area (Å²) in [4.78, 5) is 22.8. The highest BCUT2D eigenvalue weighted by atomic mass is 16.4. The minimum absolute atomic E-state index is 0.00105. The van der Waals surface area contributed by atoms with Crippen molar-refractivity contribution in [2.75, 3.05) is 5.32 Å². The van der Waals surface area contributed by atoms with Gasteiger partial charge in [0, 0.05) is 12.1 Å². The molecule has 23 heavy (non-hydrogen) atoms. The van der Waals surface area contributed by atoms with Crippen LogP contribution in [-0.2, 0) is 4.79 Å². The lowest BCUT2D eigenvalue weighted by Gasteiger charge is -2.24. The summed E-state index contributed by atoms with van der Waals surface area (Å²) in [7, 11) is 0. The van der Waals surface area contributed by atoms with Crippen LogP contribution in [0.15, 0.2) is 30.5 Å². The first-order valence-electron chi connectivity index (χ1n) is 7.68. The van der Waals surface area contributed by atoms with E-state index in [1.807, 2.05) is 0 Å². The number of carbonyl (C=O) groups excluding carboxylic acids is 1. The van der Waals surface area contributed by atoms with E-state index in [0.29, 0.717) is 23.7 Å². The molecule has 7 nitrogen and oxygen atoms in total. The third-order valence-electron chi connectivity index (χ3n) is 4.11. The Hall–Kier alpha value is -2.70. The van der Waals surface area contributed by atoms with Gasteiger partial charge in [0.15, 0.2) is 5.69 Å². The maximum absolute atomic E-state index is 12.0. The molecule has 3 rings (SSSR count). The normalized spacial score (nSPS) is 14.3. The number of benzene rings is 1. The van der Waals surface area contributed by atoms with Gasteiger partial charge in [-0.15, -0.1) is 5.10 Å². The molecule has 0 atom stereocenters. The van der Waals surface area contributed by atoms with Gasteiger partial charge >= 0.3 is 5.97 Å². The van der Waals surface area contributed by atoms with E-state index in [1.54, 1.807) is 24.3 Å². The van der Waals surface area contributed by atoms with Crippen LogP contribution in [0.1, 0.15) is 42.6 Å². The molecule has 1 saturated carbocycles. The summed E-state index contributed by atoms with van der Waals surface area (Å²) in [5, 5.41) is 19.1. The highest BCUT2D eigenvalue weighted by molar-refractivity contribution is 5.91. The van der Waals surface area contributed by atoms with E-state index in [4.69, 9.17) is 5.11 Å². The molecule has 2 N–H and O–H groups in total. The molecule has 1 aliphatic rings. The zero-order valence-electron chi connectivity index (χ0n) is 12.6. The number of nitrogens with zero attached hydrogens (tertiary/aromatic N) is 3. The molecule has 0 unspecified atom stereocenters. The number of aromatic nitrogens is 3. The Morgan fingerprint density at radius 2 is 2.17 bits per heavy atom. The van der Waals surface area contributed by atoms with Gasteiger partial charge in [-0.3, -0.25) is 4.79 Å². The van der Waals surface area contributed by atoms with Crippen molar-refractivity contribution in [1.82, 2.24) is 15.0 Å². The third kappa shape index (κ3) is 3.74. The number of hydrogen-bond donors (Lipinski definition) is 2. The van der Waals surface area contributed by atoms with E-state index in [9.17, 15) is 9.59 Å². The molecule has 0 spiro atoms. The zero-order chi connectivity index (χ0) is 16.2. The van der Waals surface area contributed by atoms with E-state index in [1.165, 1.54) is 30.1 Å². The molecule has 0 saturated heterocycles. The molecule has 0 aliphatic heterocycles. The number of hydrogen-bond acceptors (Lipinski definition) is 4. The van der Waals surface area contributed by atoms with Crippen molar-refractivity contribution in [3.8, 4) is 5.69 Å². The minimum atomic E-state index is -1.13. The predicted molar refractivity (Wildman–Crippen MR) is 83.5 cm³/mol. The number of carboxylic acids is 1. The third-order valence-corrected chi connectivity index (χ3v) is 4.11. The second-order valence-electron chi connectivity index (χ2n) is 5.79. The number of rotatable bonds is 6. The van der Waals surface area contributed by atoms with E-state index >= 15 is 0 Å². The fraction of sp³-hybridized carbons (Fsp3) is 0.375. The van der Waals surface area contributed by atoms with Crippen molar-refractivity contribution < 1.29 is 14.7 Å². The number of aromatic carboxylic acids is 1. The summed E-state index contributed by atoms with van der Waals surface area (Å²) in [5.41, 5.74) is 1.18. The molecule has 1 fully saturated rings. The summed E-state index contributed by atoms with van der Waals surface area (Å²) in [5.74, 6) is -0.424. The fourth-order valence-corrected chi connectivity index (χ4v) is 2.55. The molecule has 1 amide bonds. The monoisotopic (exact) mass is 314 g/mol. The largest absolute Gasteiger partial charge is 0.476 e. The maximum atomic E-state index is 12.0. The Balaban J connectivity index is 1.64. The first kappa shape index (κ1) is 15.2. The lowest BCUT2D eigenvalue weighted by molar-refractivity contribution is -0.116. The van der Waals surface area contributed by atoms with Gasteiger partial charge in [0.2, 0.25) is 5.91 Å². The van der Waals surface area contributed by atoms with Crippen molar-refractivity contribution in [1.29, 1.82) is 0 Å². The summed E-state index contributed by atoms with van der Waals surface area (Å²) in [6.45, 7) is 0. The highest BCUT2D eigenvalue weighted by Crippen LogP contribution is 2.30. The molecule has 1 aromatic carbocycles. The van der Waals surface area contributed by atoms with Crippen LogP contribution in [0, 0.1) is 5.92 Å². The number of carboxylic acid groups (broad SMARTS) is 1. The van der Waals surface area contributed by atoms with Crippen LogP contribution in [0.2, 0.25) is 0 Å². The highest BCUT2D eigenvalue weighted by Gasteiger charge is 2.18. The van der Waals surface area contributed by atoms with Crippen LogP contribution in [0.3, 0.4) is 0 Å². The average molecular weight is 314 g/mol. The number of amides is 1. The number of nitrogens with one attached hydrogen (secondary N) is 1. The summed E-state index contributed by atoms with van der Waals surface area (Å²) in [6, 6.07) is 7.07. The number of carbonyl (C=O) groups is 2. The van der Waals surface area contributed by atoms with Crippen LogP contribution in [0.4, 0.5) is 5.69 Å². The van der Waals surface area contributed by atoms with E-state index in [0.717, 1.165) is 6.42 Å². The maximum Gasteiger partial charge on any atom is 0.358 e. The first-order chi connectivity index (χ1) is 11.1. The molecule has 1 aromatic heterocycles. The van der Waals surface area contributed by atoms with Gasteiger partial charge in [-0.05, 0) is 30.5 Å². The quantitative estimate of drug-likeness (QED) is 0.853. The van der Waals surface area contributed by atoms with Crippen LogP contribution in [0.25, 0.3) is 5.69 Å². The summed E-state index contributed by atoms with van der Waals surface area (Å²) >= 11 is 0. The SMILES string of the molecule is O=C(CCC1CCC1)Nc1cccc(-n2cc(C(=O)O)nn2)c1. The predicted octanol–water partition coefficient (Wildman–Crippen LogP) is 2.48. The Morgan fingerprint density at radius 3 is 2.83 bits per heavy atom. The molecule has 1 aliphatic carbocycles. The molecular formula is C16H18N4O3. The van der Waals surface area contributed by atoms with Crippen LogP contribution in [-0.4, -0.2) is 32.0 Å². The van der Waals surface area contributed by atoms with Crippen molar-refractivity contribution in [2.45, 2.75) is 32.1 Å². The van der Waals surface area contributed by atoms with E-state index in [-0.39, 0.29) is 11.6 Å². The number of anilines is 1. The second-order valence-corrected chi connectivity index (χ2v) is 5.79. The molecule has 1 heterocycles. The zero-order valence-corrected chi connectivity index (χ0v) is 12.6. The Bertz CT molecular complexity index is 722. The molecular weight excluding hydrogens is 296 g/mol. The standard InChI is InChI=1S/C16H18N4O3/c21-15(8-7-11-3-1-4-11)17-12-5-2-6-13(9-12)20-10-14(16(22)23)18-19-20/h2,5-6,9-11H,1,3-4,7-8H2,(H,17,21)(H,22,23). The topological polar surface area (TPSA) is 97.1 Å². The fourth-order valence-electron chi connectivity index (χ4n) is 2.55. The van der Waals surface area contributed by atoms with Crippen molar-refractivity contribution >= 4 is 17.6 Å². The van der Waals surface area contributed by atoms with Crippen molar-refractivity contribution in [3.05, 3.63) is 36.2 Å². The lowest BCUT2D eigenvalue weighted by Crippen LogP contribution is -2.17.